The summed E-state index contributed by atoms with van der Waals surface area (Å²) in [6, 6.07) is 0. The summed E-state index contributed by atoms with van der Waals surface area (Å²) in [5.41, 5.74) is -0.472. The van der Waals surface area contributed by atoms with Gasteiger partial charge < -0.3 is 5.32 Å². The molecule has 108 valence electrons. The Balaban J connectivity index is 2.92. The van der Waals surface area contributed by atoms with Gasteiger partial charge in [0, 0.05) is 20.6 Å². The van der Waals surface area contributed by atoms with Crippen LogP contribution < -0.4 is 16.6 Å². The Bertz CT molecular complexity index is 649. The van der Waals surface area contributed by atoms with Crippen LogP contribution in [0.4, 0.5) is 5.82 Å². The standard InChI is InChI=1S/C10H17N3O5S/c1-7-8(11-5-6-18-19(4,16)17)12(2)10(15)13(3)9(7)14/h11H,5-6H2,1-4H3. The van der Waals surface area contributed by atoms with Gasteiger partial charge in [0.2, 0.25) is 0 Å². The van der Waals surface area contributed by atoms with Gasteiger partial charge in [0.15, 0.2) is 0 Å². The fraction of sp³-hybridized carbons (Fsp3) is 0.600. The highest BCUT2D eigenvalue weighted by molar-refractivity contribution is 7.85. The fourth-order valence-corrected chi connectivity index (χ4v) is 2.01. The molecule has 0 aliphatic carbocycles. The van der Waals surface area contributed by atoms with Gasteiger partial charge in [-0.2, -0.15) is 8.42 Å². The van der Waals surface area contributed by atoms with Gasteiger partial charge in [-0.15, -0.1) is 0 Å². The number of rotatable bonds is 5. The van der Waals surface area contributed by atoms with Gasteiger partial charge in [-0.05, 0) is 6.92 Å². The quantitative estimate of drug-likeness (QED) is 0.539. The molecule has 1 rings (SSSR count). The molecule has 1 aromatic heterocycles. The number of nitrogens with one attached hydrogen (secondary N) is 1. The zero-order valence-electron chi connectivity index (χ0n) is 11.3. The van der Waals surface area contributed by atoms with Crippen LogP contribution in [0.5, 0.6) is 0 Å². The molecule has 0 fully saturated rings. The van der Waals surface area contributed by atoms with Crippen LogP contribution in [0, 0.1) is 6.92 Å². The summed E-state index contributed by atoms with van der Waals surface area (Å²) in [5, 5.41) is 2.82. The van der Waals surface area contributed by atoms with E-state index in [9.17, 15) is 18.0 Å². The van der Waals surface area contributed by atoms with E-state index in [4.69, 9.17) is 0 Å². The first-order chi connectivity index (χ1) is 8.65. The molecule has 0 aliphatic heterocycles. The van der Waals surface area contributed by atoms with Crippen molar-refractivity contribution in [1.29, 1.82) is 0 Å². The SMILES string of the molecule is Cc1c(NCCOS(C)(=O)=O)n(C)c(=O)n(C)c1=O. The number of hydrogen-bond donors (Lipinski definition) is 1. The maximum Gasteiger partial charge on any atom is 0.332 e. The molecule has 0 unspecified atom stereocenters. The maximum absolute atomic E-state index is 11.7. The first-order valence-electron chi connectivity index (χ1n) is 5.50. The van der Waals surface area contributed by atoms with Crippen molar-refractivity contribution >= 4 is 15.9 Å². The zero-order valence-corrected chi connectivity index (χ0v) is 12.1. The molecular weight excluding hydrogens is 274 g/mol. The lowest BCUT2D eigenvalue weighted by Crippen LogP contribution is -2.39. The van der Waals surface area contributed by atoms with Crippen molar-refractivity contribution in [1.82, 2.24) is 9.13 Å². The van der Waals surface area contributed by atoms with Crippen LogP contribution in [0.3, 0.4) is 0 Å². The van der Waals surface area contributed by atoms with Crippen LogP contribution in [0.25, 0.3) is 0 Å². The molecule has 0 saturated carbocycles. The molecule has 0 saturated heterocycles. The normalized spacial score (nSPS) is 11.6. The van der Waals surface area contributed by atoms with Gasteiger partial charge in [-0.1, -0.05) is 0 Å². The molecule has 1 heterocycles. The lowest BCUT2D eigenvalue weighted by Gasteiger charge is -2.14. The topological polar surface area (TPSA) is 99.4 Å². The van der Waals surface area contributed by atoms with Gasteiger partial charge in [0.25, 0.3) is 15.7 Å². The molecule has 0 atom stereocenters. The molecule has 0 radical (unpaired) electrons. The lowest BCUT2D eigenvalue weighted by atomic mass is 10.3. The monoisotopic (exact) mass is 291 g/mol. The summed E-state index contributed by atoms with van der Waals surface area (Å²) in [6.45, 7) is 1.66. The zero-order chi connectivity index (χ0) is 14.8. The summed E-state index contributed by atoms with van der Waals surface area (Å²) < 4.78 is 28.4. The molecule has 9 heteroatoms. The molecule has 0 bridgehead atoms. The fourth-order valence-electron chi connectivity index (χ4n) is 1.63. The first kappa shape index (κ1) is 15.4. The van der Waals surface area contributed by atoms with Gasteiger partial charge >= 0.3 is 5.69 Å². The van der Waals surface area contributed by atoms with E-state index in [-0.39, 0.29) is 13.2 Å². The molecule has 19 heavy (non-hydrogen) atoms. The van der Waals surface area contributed by atoms with E-state index in [1.165, 1.54) is 18.7 Å². The van der Waals surface area contributed by atoms with Crippen molar-refractivity contribution in [2.24, 2.45) is 14.1 Å². The van der Waals surface area contributed by atoms with E-state index < -0.39 is 21.4 Å². The molecule has 0 spiro atoms. The van der Waals surface area contributed by atoms with Crippen molar-refractivity contribution in [3.63, 3.8) is 0 Å². The number of nitrogens with zero attached hydrogens (tertiary/aromatic N) is 2. The second kappa shape index (κ2) is 5.57. The number of hydrogen-bond acceptors (Lipinski definition) is 6. The molecule has 8 nitrogen and oxygen atoms in total. The van der Waals surface area contributed by atoms with Gasteiger partial charge in [0.1, 0.15) is 5.82 Å². The minimum Gasteiger partial charge on any atom is -0.369 e. The van der Waals surface area contributed by atoms with Gasteiger partial charge in [0.05, 0.1) is 18.4 Å². The summed E-state index contributed by atoms with van der Waals surface area (Å²) in [5.74, 6) is 0.352. The summed E-state index contributed by atoms with van der Waals surface area (Å²) >= 11 is 0. The van der Waals surface area contributed by atoms with Crippen LogP contribution in [-0.2, 0) is 28.4 Å². The van der Waals surface area contributed by atoms with Crippen LogP contribution >= 0.6 is 0 Å². The van der Waals surface area contributed by atoms with E-state index in [1.54, 1.807) is 6.92 Å². The Labute approximate surface area is 110 Å². The molecular formula is C10H17N3O5S. The average molecular weight is 291 g/mol. The third-order valence-electron chi connectivity index (χ3n) is 2.58. The van der Waals surface area contributed by atoms with Gasteiger partial charge in [-0.25, -0.2) is 4.79 Å². The van der Waals surface area contributed by atoms with Crippen molar-refractivity contribution in [3.8, 4) is 0 Å². The van der Waals surface area contributed by atoms with E-state index in [1.807, 2.05) is 0 Å². The number of aromatic nitrogens is 2. The van der Waals surface area contributed by atoms with Gasteiger partial charge in [-0.3, -0.25) is 18.1 Å². The predicted octanol–water partition coefficient (Wildman–Crippen LogP) is -1.22. The highest BCUT2D eigenvalue weighted by Gasteiger charge is 2.11. The van der Waals surface area contributed by atoms with Crippen molar-refractivity contribution in [3.05, 3.63) is 26.4 Å². The third-order valence-corrected chi connectivity index (χ3v) is 3.18. The third kappa shape index (κ3) is 3.67. The Morgan fingerprint density at radius 1 is 1.21 bits per heavy atom. The second-order valence-corrected chi connectivity index (χ2v) is 5.78. The molecule has 0 aromatic carbocycles. The largest absolute Gasteiger partial charge is 0.369 e. The predicted molar refractivity (Wildman–Crippen MR) is 70.9 cm³/mol. The van der Waals surface area contributed by atoms with E-state index in [0.717, 1.165) is 10.8 Å². The van der Waals surface area contributed by atoms with Crippen molar-refractivity contribution in [2.75, 3.05) is 24.7 Å². The van der Waals surface area contributed by atoms with E-state index in [2.05, 4.69) is 9.50 Å². The van der Waals surface area contributed by atoms with Crippen LogP contribution in [-0.4, -0.2) is 37.0 Å². The van der Waals surface area contributed by atoms with Crippen molar-refractivity contribution in [2.45, 2.75) is 6.92 Å². The maximum atomic E-state index is 11.7. The molecule has 0 amide bonds. The average Bonchev–Trinajstić information content (AvgIpc) is 2.32. The number of anilines is 1. The molecule has 1 N–H and O–H groups in total. The second-order valence-electron chi connectivity index (χ2n) is 4.13. The Morgan fingerprint density at radius 3 is 2.32 bits per heavy atom. The van der Waals surface area contributed by atoms with Crippen molar-refractivity contribution < 1.29 is 12.6 Å². The highest BCUT2D eigenvalue weighted by Crippen LogP contribution is 2.05. The van der Waals surface area contributed by atoms with Crippen LogP contribution in [0.15, 0.2) is 9.59 Å². The van der Waals surface area contributed by atoms with E-state index in [0.29, 0.717) is 11.4 Å². The minimum atomic E-state index is -3.50. The van der Waals surface area contributed by atoms with Crippen LogP contribution in [0.1, 0.15) is 5.56 Å². The highest BCUT2D eigenvalue weighted by atomic mass is 32.2. The van der Waals surface area contributed by atoms with E-state index >= 15 is 0 Å². The molecule has 1 aromatic rings. The Kier molecular flexibility index (Phi) is 4.53. The Morgan fingerprint density at radius 2 is 1.79 bits per heavy atom. The Hall–Kier alpha value is -1.61. The summed E-state index contributed by atoms with van der Waals surface area (Å²) in [4.78, 5) is 23.4. The lowest BCUT2D eigenvalue weighted by molar-refractivity contribution is 0.335. The summed E-state index contributed by atoms with van der Waals surface area (Å²) in [6.07, 6.45) is 0.951. The van der Waals surface area contributed by atoms with Crippen LogP contribution in [0.2, 0.25) is 0 Å². The summed E-state index contributed by atoms with van der Waals surface area (Å²) in [7, 11) is -0.577. The minimum absolute atomic E-state index is 0.0817. The smallest absolute Gasteiger partial charge is 0.332 e. The first-order valence-corrected chi connectivity index (χ1v) is 7.31. The molecule has 0 aliphatic rings.